The molecule has 6 nitrogen and oxygen atoms in total. The Balaban J connectivity index is 1.82. The topological polar surface area (TPSA) is 78.8 Å². The Hall–Kier alpha value is -2.62. The van der Waals surface area contributed by atoms with Gasteiger partial charge in [0.05, 0.1) is 22.9 Å². The van der Waals surface area contributed by atoms with Gasteiger partial charge >= 0.3 is 6.18 Å². The minimum absolute atomic E-state index is 0.0116. The second-order valence-electron chi connectivity index (χ2n) is 6.13. The van der Waals surface area contributed by atoms with Crippen molar-refractivity contribution in [1.29, 1.82) is 0 Å². The fraction of sp³-hybridized carbons (Fsp3) is 0.294. The van der Waals surface area contributed by atoms with Crippen LogP contribution in [0.15, 0.2) is 52.6 Å². The number of sulfonamides is 1. The van der Waals surface area contributed by atoms with Crippen molar-refractivity contribution in [3.8, 4) is 0 Å². The van der Waals surface area contributed by atoms with Gasteiger partial charge in [0.1, 0.15) is 0 Å². The second-order valence-corrected chi connectivity index (χ2v) is 7.89. The number of halogens is 3. The summed E-state index contributed by atoms with van der Waals surface area (Å²) < 4.78 is 65.7. The van der Waals surface area contributed by atoms with Crippen molar-refractivity contribution in [2.75, 3.05) is 12.3 Å². The average molecular weight is 399 g/mol. The number of carbonyl (C=O) groups is 1. The summed E-state index contributed by atoms with van der Waals surface area (Å²) in [6.45, 7) is 1.72. The van der Waals surface area contributed by atoms with Crippen LogP contribution in [0.1, 0.15) is 24.1 Å². The third-order valence-corrected chi connectivity index (χ3v) is 5.31. The Morgan fingerprint density at radius 2 is 2.07 bits per heavy atom. The first-order valence-electron chi connectivity index (χ1n) is 8.03. The molecule has 0 radical (unpaired) electrons. The van der Waals surface area contributed by atoms with Gasteiger partial charge in [-0.15, -0.1) is 4.40 Å². The summed E-state index contributed by atoms with van der Waals surface area (Å²) in [5.74, 6) is -0.765. The first-order chi connectivity index (χ1) is 12.6. The molecule has 1 aromatic carbocycles. The third-order valence-electron chi connectivity index (χ3n) is 4.16. The number of alkyl halides is 3. The lowest BCUT2D eigenvalue weighted by atomic mass is 10.0. The van der Waals surface area contributed by atoms with Crippen LogP contribution in [-0.2, 0) is 21.0 Å². The van der Waals surface area contributed by atoms with Gasteiger partial charge < -0.3 is 10.2 Å². The number of amides is 1. The molecule has 2 heterocycles. The zero-order chi connectivity index (χ0) is 19.8. The van der Waals surface area contributed by atoms with E-state index in [4.69, 9.17) is 0 Å². The van der Waals surface area contributed by atoms with Crippen LogP contribution < -0.4 is 5.32 Å². The molecule has 0 saturated carbocycles. The maximum absolute atomic E-state index is 12.9. The number of nitrogens with one attached hydrogen (secondary N) is 1. The van der Waals surface area contributed by atoms with Crippen molar-refractivity contribution in [2.24, 2.45) is 4.40 Å². The highest BCUT2D eigenvalue weighted by molar-refractivity contribution is 7.90. The monoisotopic (exact) mass is 399 g/mol. The molecule has 3 rings (SSSR count). The Bertz CT molecular complexity index is 965. The number of rotatable bonds is 3. The van der Waals surface area contributed by atoms with Crippen molar-refractivity contribution in [2.45, 2.75) is 19.1 Å². The Kier molecular flexibility index (Phi) is 4.85. The quantitative estimate of drug-likeness (QED) is 0.847. The standard InChI is InChI=1S/C17H16F3N3O3S/c1-11(12-4-2-5-13(10-12)17(18,19)20)21-16(24)14-6-3-7-23-8-9-27(25,26)22-15(14)23/h2-7,10-11H,8-9H2,1H3,(H,21,24). The van der Waals surface area contributed by atoms with Gasteiger partial charge in [-0.1, -0.05) is 12.1 Å². The number of nitrogens with zero attached hydrogens (tertiary/aromatic N) is 2. The van der Waals surface area contributed by atoms with Crippen LogP contribution in [0.4, 0.5) is 13.2 Å². The first-order valence-corrected chi connectivity index (χ1v) is 9.64. The fourth-order valence-electron chi connectivity index (χ4n) is 2.74. The molecular weight excluding hydrogens is 383 g/mol. The van der Waals surface area contributed by atoms with Crippen LogP contribution in [-0.4, -0.2) is 37.4 Å². The molecule has 1 amide bonds. The summed E-state index contributed by atoms with van der Waals surface area (Å²) in [4.78, 5) is 14.1. The predicted molar refractivity (Wildman–Crippen MR) is 93.2 cm³/mol. The molecule has 1 N–H and O–H groups in total. The molecule has 27 heavy (non-hydrogen) atoms. The molecular formula is C17H16F3N3O3S. The molecule has 0 saturated heterocycles. The Morgan fingerprint density at radius 1 is 1.33 bits per heavy atom. The number of hydrogen-bond donors (Lipinski definition) is 1. The van der Waals surface area contributed by atoms with Gasteiger partial charge in [-0.25, -0.2) is 8.42 Å². The molecule has 0 aromatic heterocycles. The van der Waals surface area contributed by atoms with Crippen molar-refractivity contribution in [1.82, 2.24) is 10.2 Å². The highest BCUT2D eigenvalue weighted by Crippen LogP contribution is 2.30. The van der Waals surface area contributed by atoms with Crippen LogP contribution >= 0.6 is 0 Å². The largest absolute Gasteiger partial charge is 0.416 e. The number of amidine groups is 1. The lowest BCUT2D eigenvalue weighted by Gasteiger charge is -2.29. The minimum atomic E-state index is -4.48. The van der Waals surface area contributed by atoms with Gasteiger partial charge in [0.2, 0.25) is 0 Å². The van der Waals surface area contributed by atoms with Crippen LogP contribution in [0.3, 0.4) is 0 Å². The smallest absolute Gasteiger partial charge is 0.345 e. The molecule has 0 fully saturated rings. The SMILES string of the molecule is CC(NC(=O)C1=CC=CN2CCS(=O)(=O)N=C12)c1cccc(C(F)(F)F)c1. The van der Waals surface area contributed by atoms with Gasteiger partial charge in [-0.2, -0.15) is 13.2 Å². The van der Waals surface area contributed by atoms with Gasteiger partial charge in [0, 0.05) is 12.7 Å². The summed E-state index contributed by atoms with van der Waals surface area (Å²) in [7, 11) is -3.66. The zero-order valence-electron chi connectivity index (χ0n) is 14.2. The zero-order valence-corrected chi connectivity index (χ0v) is 15.0. The number of hydrogen-bond acceptors (Lipinski definition) is 4. The molecule has 10 heteroatoms. The summed E-state index contributed by atoms with van der Waals surface area (Å²) in [5, 5.41) is 2.59. The van der Waals surface area contributed by atoms with E-state index in [0.29, 0.717) is 0 Å². The van der Waals surface area contributed by atoms with E-state index < -0.39 is 33.7 Å². The van der Waals surface area contributed by atoms with E-state index in [9.17, 15) is 26.4 Å². The van der Waals surface area contributed by atoms with E-state index in [-0.39, 0.29) is 29.3 Å². The molecule has 2 aliphatic rings. The second kappa shape index (κ2) is 6.84. The summed E-state index contributed by atoms with van der Waals surface area (Å²) >= 11 is 0. The third kappa shape index (κ3) is 4.21. The van der Waals surface area contributed by atoms with Crippen molar-refractivity contribution < 1.29 is 26.4 Å². The van der Waals surface area contributed by atoms with Crippen LogP contribution in [0.25, 0.3) is 0 Å². The van der Waals surface area contributed by atoms with Gasteiger partial charge in [-0.05, 0) is 36.8 Å². The molecule has 0 aliphatic carbocycles. The van der Waals surface area contributed by atoms with Gasteiger partial charge in [-0.3, -0.25) is 4.79 Å². The van der Waals surface area contributed by atoms with Crippen molar-refractivity contribution >= 4 is 21.8 Å². The van der Waals surface area contributed by atoms with Crippen LogP contribution in [0, 0.1) is 0 Å². The predicted octanol–water partition coefficient (Wildman–Crippen LogP) is 2.38. The number of fused-ring (bicyclic) bond motifs is 1. The Morgan fingerprint density at radius 3 is 2.78 bits per heavy atom. The van der Waals surface area contributed by atoms with Gasteiger partial charge in [0.15, 0.2) is 5.84 Å². The fourth-order valence-corrected chi connectivity index (χ4v) is 3.72. The van der Waals surface area contributed by atoms with Crippen molar-refractivity contribution in [3.63, 3.8) is 0 Å². The maximum atomic E-state index is 12.9. The minimum Gasteiger partial charge on any atom is -0.345 e. The molecule has 144 valence electrons. The summed E-state index contributed by atoms with van der Waals surface area (Å²) in [5.41, 5.74) is -0.491. The van der Waals surface area contributed by atoms with E-state index in [1.165, 1.54) is 18.2 Å². The number of carbonyl (C=O) groups excluding carboxylic acids is 1. The lowest BCUT2D eigenvalue weighted by molar-refractivity contribution is -0.137. The van der Waals surface area contributed by atoms with E-state index in [2.05, 4.69) is 9.71 Å². The molecule has 1 aromatic rings. The summed E-state index contributed by atoms with van der Waals surface area (Å²) in [6.07, 6.45) is 0.133. The van der Waals surface area contributed by atoms with Crippen LogP contribution in [0.5, 0.6) is 0 Å². The van der Waals surface area contributed by atoms with E-state index >= 15 is 0 Å². The highest BCUT2D eigenvalue weighted by Gasteiger charge is 2.32. The van der Waals surface area contributed by atoms with Gasteiger partial charge in [0.25, 0.3) is 15.9 Å². The summed E-state index contributed by atoms with van der Waals surface area (Å²) in [6, 6.07) is 3.94. The molecule has 0 spiro atoms. The van der Waals surface area contributed by atoms with Crippen LogP contribution in [0.2, 0.25) is 0 Å². The van der Waals surface area contributed by atoms with E-state index in [1.54, 1.807) is 24.1 Å². The Labute approximate surface area is 154 Å². The normalized spacial score (nSPS) is 19.6. The molecule has 0 bridgehead atoms. The molecule has 1 unspecified atom stereocenters. The molecule has 1 atom stereocenters. The van der Waals surface area contributed by atoms with E-state index in [0.717, 1.165) is 12.1 Å². The lowest BCUT2D eigenvalue weighted by Crippen LogP contribution is -2.42. The average Bonchev–Trinajstić information content (AvgIpc) is 2.59. The highest BCUT2D eigenvalue weighted by atomic mass is 32.2. The van der Waals surface area contributed by atoms with E-state index in [1.807, 2.05) is 0 Å². The van der Waals surface area contributed by atoms with Crippen molar-refractivity contribution in [3.05, 3.63) is 59.3 Å². The number of benzene rings is 1. The number of allylic oxidation sites excluding steroid dienone is 2. The maximum Gasteiger partial charge on any atom is 0.416 e. The first kappa shape index (κ1) is 19.2. The molecule has 2 aliphatic heterocycles.